The number of phenolic OH excluding ortho intramolecular Hbond substituents is 2. The van der Waals surface area contributed by atoms with Gasteiger partial charge in [-0.05, 0) is 62.2 Å². The number of likely N-dealkylation sites (N-methyl/N-ethyl adjacent to an activating group) is 1. The maximum absolute atomic E-state index is 13.4. The Hall–Kier alpha value is -4.08. The van der Waals surface area contributed by atoms with Crippen molar-refractivity contribution in [3.05, 3.63) is 82.4 Å². The first-order valence-electron chi connectivity index (χ1n) is 12.3. The van der Waals surface area contributed by atoms with Gasteiger partial charge in [0, 0.05) is 47.9 Å². The van der Waals surface area contributed by atoms with E-state index in [1.54, 1.807) is 42.3 Å². The minimum atomic E-state index is -1.47. The summed E-state index contributed by atoms with van der Waals surface area (Å²) >= 11 is 0. The second-order valence-electron chi connectivity index (χ2n) is 9.74. The van der Waals surface area contributed by atoms with E-state index in [0.717, 1.165) is 0 Å². The summed E-state index contributed by atoms with van der Waals surface area (Å²) in [5.41, 5.74) is 1.19. The second kappa shape index (κ2) is 9.66. The van der Waals surface area contributed by atoms with E-state index in [-0.39, 0.29) is 41.1 Å². The Bertz CT molecular complexity index is 1350. The largest absolute Gasteiger partial charge is 0.508 e. The molecular weight excluding hydrogens is 490 g/mol. The average molecular weight is 520 g/mol. The molecule has 9 heteroatoms. The van der Waals surface area contributed by atoms with Crippen LogP contribution in [0.15, 0.2) is 54.6 Å². The van der Waals surface area contributed by atoms with Crippen molar-refractivity contribution in [2.24, 2.45) is 0 Å². The van der Waals surface area contributed by atoms with E-state index in [1.807, 2.05) is 13.8 Å². The minimum Gasteiger partial charge on any atom is -0.508 e. The second-order valence-corrected chi connectivity index (χ2v) is 9.74. The maximum atomic E-state index is 13.4. The van der Waals surface area contributed by atoms with Gasteiger partial charge in [-0.15, -0.1) is 0 Å². The van der Waals surface area contributed by atoms with E-state index in [2.05, 4.69) is 0 Å². The van der Waals surface area contributed by atoms with Crippen LogP contribution in [0.2, 0.25) is 0 Å². The third-order valence-electron chi connectivity index (χ3n) is 7.43. The van der Waals surface area contributed by atoms with Crippen LogP contribution in [0.5, 0.6) is 23.0 Å². The van der Waals surface area contributed by atoms with Crippen molar-refractivity contribution < 1.29 is 39.1 Å². The number of hydrogen-bond acceptors (Lipinski definition) is 8. The Balaban J connectivity index is 1.60. The summed E-state index contributed by atoms with van der Waals surface area (Å²) in [7, 11) is 1.72. The van der Waals surface area contributed by atoms with Crippen molar-refractivity contribution in [3.63, 3.8) is 0 Å². The number of nitrogens with zero attached hydrogens (tertiary/aromatic N) is 1. The van der Waals surface area contributed by atoms with Gasteiger partial charge in [-0.2, -0.15) is 0 Å². The molecule has 198 valence electrons. The number of rotatable bonds is 5. The predicted molar refractivity (Wildman–Crippen MR) is 136 cm³/mol. The molecule has 0 aromatic heterocycles. The number of ether oxygens (including phenoxy) is 3. The first kappa shape index (κ1) is 25.6. The van der Waals surface area contributed by atoms with Gasteiger partial charge in [-0.1, -0.05) is 6.07 Å². The van der Waals surface area contributed by atoms with Crippen LogP contribution in [0.25, 0.3) is 0 Å². The van der Waals surface area contributed by atoms with Gasteiger partial charge in [0.1, 0.15) is 23.0 Å². The quantitative estimate of drug-likeness (QED) is 0.433. The molecular formula is C29H29NO8. The molecule has 1 amide bonds. The number of aliphatic hydroxyl groups excluding tert-OH is 1. The zero-order chi connectivity index (χ0) is 27.2. The molecule has 0 aliphatic carbocycles. The van der Waals surface area contributed by atoms with Crippen LogP contribution in [0.3, 0.4) is 0 Å². The van der Waals surface area contributed by atoms with E-state index in [0.29, 0.717) is 47.1 Å². The number of carbonyl (C=O) groups is 2. The lowest BCUT2D eigenvalue weighted by atomic mass is 9.76. The maximum Gasteiger partial charge on any atom is 0.294 e. The molecule has 1 saturated heterocycles. The van der Waals surface area contributed by atoms with Gasteiger partial charge in [0.05, 0.1) is 12.1 Å². The molecule has 0 radical (unpaired) electrons. The summed E-state index contributed by atoms with van der Waals surface area (Å²) in [4.78, 5) is 27.0. The number of aliphatic hydroxyl groups is 1. The molecule has 9 nitrogen and oxygen atoms in total. The molecule has 3 aromatic carbocycles. The van der Waals surface area contributed by atoms with Gasteiger partial charge < -0.3 is 34.4 Å². The van der Waals surface area contributed by atoms with Crippen LogP contribution in [0, 0.1) is 6.92 Å². The molecule has 1 fully saturated rings. The van der Waals surface area contributed by atoms with Crippen LogP contribution in [0.1, 0.15) is 52.4 Å². The highest BCUT2D eigenvalue weighted by Crippen LogP contribution is 2.54. The molecule has 0 spiro atoms. The highest BCUT2D eigenvalue weighted by Gasteiger charge is 2.47. The SMILES string of the molecule is Cc1cc(C(=O)N(C)C2CCC(O)OC2C)ccc1C1(OC=O)c2ccc(O)cc2Oc2cc(O)ccc21. The summed E-state index contributed by atoms with van der Waals surface area (Å²) < 4.78 is 17.4. The normalized spacial score (nSPS) is 21.4. The van der Waals surface area contributed by atoms with Crippen LogP contribution in [-0.2, 0) is 19.9 Å². The lowest BCUT2D eigenvalue weighted by molar-refractivity contribution is -0.175. The molecule has 2 aliphatic heterocycles. The number of phenols is 2. The van der Waals surface area contributed by atoms with Gasteiger partial charge in [0.25, 0.3) is 12.4 Å². The highest BCUT2D eigenvalue weighted by atomic mass is 16.6. The Morgan fingerprint density at radius 1 is 1.00 bits per heavy atom. The van der Waals surface area contributed by atoms with Gasteiger partial charge in [-0.25, -0.2) is 0 Å². The number of amides is 1. The molecule has 2 aliphatic rings. The summed E-state index contributed by atoms with van der Waals surface area (Å²) in [6.45, 7) is 4.01. The van der Waals surface area contributed by atoms with E-state index >= 15 is 0 Å². The lowest BCUT2D eigenvalue weighted by Crippen LogP contribution is -2.49. The molecule has 3 atom stereocenters. The zero-order valence-corrected chi connectivity index (χ0v) is 21.2. The summed E-state index contributed by atoms with van der Waals surface area (Å²) in [5.74, 6) is 0.239. The minimum absolute atomic E-state index is 0.0403. The van der Waals surface area contributed by atoms with Crippen molar-refractivity contribution in [1.29, 1.82) is 0 Å². The van der Waals surface area contributed by atoms with Crippen molar-refractivity contribution >= 4 is 12.4 Å². The first-order valence-corrected chi connectivity index (χ1v) is 12.3. The predicted octanol–water partition coefficient (Wildman–Crippen LogP) is 3.93. The molecule has 3 unspecified atom stereocenters. The fraction of sp³-hybridized carbons (Fsp3) is 0.310. The average Bonchev–Trinajstić information content (AvgIpc) is 2.87. The molecule has 3 N–H and O–H groups in total. The number of aromatic hydroxyl groups is 2. The van der Waals surface area contributed by atoms with E-state index in [1.165, 1.54) is 24.3 Å². The Labute approximate surface area is 219 Å². The number of carbonyl (C=O) groups excluding carboxylic acids is 2. The monoisotopic (exact) mass is 519 g/mol. The number of fused-ring (bicyclic) bond motifs is 2. The van der Waals surface area contributed by atoms with Crippen LogP contribution in [0.4, 0.5) is 0 Å². The first-order chi connectivity index (χ1) is 18.1. The number of aryl methyl sites for hydroxylation is 1. The number of benzene rings is 3. The van der Waals surface area contributed by atoms with Crippen molar-refractivity contribution in [3.8, 4) is 23.0 Å². The number of hydrogen-bond donors (Lipinski definition) is 3. The molecule has 3 aromatic rings. The van der Waals surface area contributed by atoms with E-state index < -0.39 is 11.9 Å². The van der Waals surface area contributed by atoms with Crippen molar-refractivity contribution in [2.75, 3.05) is 7.05 Å². The third-order valence-corrected chi connectivity index (χ3v) is 7.43. The van der Waals surface area contributed by atoms with Crippen LogP contribution < -0.4 is 4.74 Å². The topological polar surface area (TPSA) is 126 Å². The molecule has 0 bridgehead atoms. The van der Waals surface area contributed by atoms with Crippen LogP contribution in [-0.4, -0.2) is 58.1 Å². The van der Waals surface area contributed by atoms with E-state index in [4.69, 9.17) is 14.2 Å². The standard InChI is InChI=1S/C29H29NO8/c1-16-12-18(28(35)30(3)24-10-11-27(34)37-17(24)2)4-7-21(16)29(36-15-31)22-8-5-19(32)13-25(22)38-26-14-20(33)6-9-23(26)29/h4-9,12-15,17,24,27,32-34H,10-11H2,1-3H3. The fourth-order valence-corrected chi connectivity index (χ4v) is 5.60. The fourth-order valence-electron chi connectivity index (χ4n) is 5.60. The van der Waals surface area contributed by atoms with Gasteiger partial charge >= 0.3 is 0 Å². The highest BCUT2D eigenvalue weighted by molar-refractivity contribution is 5.94. The van der Waals surface area contributed by atoms with Gasteiger partial charge in [0.2, 0.25) is 0 Å². The summed E-state index contributed by atoms with van der Waals surface area (Å²) in [5, 5.41) is 30.0. The third kappa shape index (κ3) is 4.13. The summed E-state index contributed by atoms with van der Waals surface area (Å²) in [6.07, 6.45) is -0.0809. The van der Waals surface area contributed by atoms with Crippen molar-refractivity contribution in [1.82, 2.24) is 4.90 Å². The molecule has 38 heavy (non-hydrogen) atoms. The van der Waals surface area contributed by atoms with Gasteiger partial charge in [-0.3, -0.25) is 9.59 Å². The smallest absolute Gasteiger partial charge is 0.294 e. The lowest BCUT2D eigenvalue weighted by Gasteiger charge is -2.40. The Morgan fingerprint density at radius 2 is 1.61 bits per heavy atom. The van der Waals surface area contributed by atoms with Crippen molar-refractivity contribution in [2.45, 2.75) is 50.7 Å². The van der Waals surface area contributed by atoms with Gasteiger partial charge in [0.15, 0.2) is 11.9 Å². The zero-order valence-electron chi connectivity index (χ0n) is 21.2. The Kier molecular flexibility index (Phi) is 6.50. The molecule has 0 saturated carbocycles. The molecule has 2 heterocycles. The summed E-state index contributed by atoms with van der Waals surface area (Å²) in [6, 6.07) is 14.0. The van der Waals surface area contributed by atoms with E-state index in [9.17, 15) is 24.9 Å². The Morgan fingerprint density at radius 3 is 2.16 bits per heavy atom. The van der Waals surface area contributed by atoms with Crippen LogP contribution >= 0.6 is 0 Å². The molecule has 5 rings (SSSR count).